The van der Waals surface area contributed by atoms with Gasteiger partial charge < -0.3 is 50.2 Å². The number of methoxy groups -OCH3 is 1. The van der Waals surface area contributed by atoms with Gasteiger partial charge >= 0.3 is 5.97 Å². The summed E-state index contributed by atoms with van der Waals surface area (Å²) in [4.78, 5) is 70.5. The molecule has 17 nitrogen and oxygen atoms in total. The fraction of sp³-hybridized carbons (Fsp3) is 0.689. The average Bonchev–Trinajstić information content (AvgIpc) is 3.55. The number of cyclic esters (lactones) is 1. The van der Waals surface area contributed by atoms with Crippen molar-refractivity contribution in [2.24, 2.45) is 47.3 Å². The third-order valence-electron chi connectivity index (χ3n) is 17.7. The zero-order chi connectivity index (χ0) is 57.9. The Labute approximate surface area is 467 Å². The zero-order valence-corrected chi connectivity index (χ0v) is 48.5. The number of carbonyl (C=O) groups is 5. The molecular formula is C61H92FN5O12. The van der Waals surface area contributed by atoms with Gasteiger partial charge in [-0.1, -0.05) is 110 Å². The van der Waals surface area contributed by atoms with Crippen LogP contribution < -0.4 is 21.4 Å². The summed E-state index contributed by atoms with van der Waals surface area (Å²) in [6.45, 7) is 19.1. The van der Waals surface area contributed by atoms with Crippen LogP contribution in [0.5, 0.6) is 0 Å². The van der Waals surface area contributed by atoms with Crippen molar-refractivity contribution in [2.75, 3.05) is 13.7 Å². The summed E-state index contributed by atoms with van der Waals surface area (Å²) < 4.78 is 39.7. The van der Waals surface area contributed by atoms with E-state index in [1.807, 2.05) is 58.9 Å². The smallest absolute Gasteiger partial charge is 0.325 e. The Kier molecular flexibility index (Phi) is 22.7. The van der Waals surface area contributed by atoms with E-state index in [4.69, 9.17) is 18.9 Å². The van der Waals surface area contributed by atoms with Crippen LogP contribution in [0.4, 0.5) is 4.39 Å². The van der Waals surface area contributed by atoms with E-state index in [2.05, 4.69) is 28.3 Å². The molecule has 440 valence electrons. The van der Waals surface area contributed by atoms with Crippen LogP contribution >= 0.6 is 0 Å². The lowest BCUT2D eigenvalue weighted by molar-refractivity contribution is -0.280. The number of aliphatic hydroxyl groups is 3. The van der Waals surface area contributed by atoms with E-state index in [0.29, 0.717) is 56.9 Å². The number of hydrogen-bond donors (Lipinski definition) is 7. The van der Waals surface area contributed by atoms with Gasteiger partial charge in [-0.15, -0.1) is 0 Å². The monoisotopic (exact) mass is 1110 g/mol. The number of carbonyl (C=O) groups excluding carboxylic acids is 5. The molecule has 1 aromatic carbocycles. The van der Waals surface area contributed by atoms with Crippen molar-refractivity contribution in [3.63, 3.8) is 0 Å². The first kappa shape index (κ1) is 63.4. The fourth-order valence-electron chi connectivity index (χ4n) is 12.0. The van der Waals surface area contributed by atoms with Gasteiger partial charge in [0.1, 0.15) is 35.8 Å². The molecule has 18 heteroatoms. The van der Waals surface area contributed by atoms with Crippen LogP contribution in [-0.2, 0) is 49.3 Å². The number of fused-ring (bicyclic) bond motifs is 3. The van der Waals surface area contributed by atoms with Gasteiger partial charge in [-0.3, -0.25) is 29.0 Å². The van der Waals surface area contributed by atoms with Crippen molar-refractivity contribution < 1.29 is 62.6 Å². The molecular weight excluding hydrogens is 1010 g/mol. The Morgan fingerprint density at radius 1 is 0.987 bits per heavy atom. The molecule has 0 saturated carbocycles. The molecule has 2 bridgehead atoms. The highest BCUT2D eigenvalue weighted by molar-refractivity contribution is 5.93. The second kappa shape index (κ2) is 28.2. The number of hydrogen-bond acceptors (Lipinski definition) is 13. The molecule has 4 amide bonds. The second-order valence-electron chi connectivity index (χ2n) is 23.8. The van der Waals surface area contributed by atoms with Gasteiger partial charge in [0.2, 0.25) is 17.7 Å². The molecule has 2 unspecified atom stereocenters. The van der Waals surface area contributed by atoms with Crippen molar-refractivity contribution in [1.29, 1.82) is 0 Å². The lowest BCUT2D eigenvalue weighted by Gasteiger charge is -2.56. The molecule has 0 radical (unpaired) electrons. The maximum Gasteiger partial charge on any atom is 0.325 e. The zero-order valence-electron chi connectivity index (χ0n) is 48.5. The van der Waals surface area contributed by atoms with Gasteiger partial charge in [-0.25, -0.2) is 9.82 Å². The first-order valence-corrected chi connectivity index (χ1v) is 29.0. The number of aliphatic hydroxyl groups excluding tert-OH is 3. The molecule has 4 saturated heterocycles. The molecule has 18 atom stereocenters. The predicted molar refractivity (Wildman–Crippen MR) is 297 cm³/mol. The lowest BCUT2D eigenvalue weighted by Crippen LogP contribution is -2.71. The van der Waals surface area contributed by atoms with E-state index in [-0.39, 0.29) is 54.9 Å². The third-order valence-corrected chi connectivity index (χ3v) is 17.7. The van der Waals surface area contributed by atoms with Gasteiger partial charge in [0.15, 0.2) is 5.79 Å². The highest BCUT2D eigenvalue weighted by Crippen LogP contribution is 2.46. The molecule has 5 aliphatic rings. The summed E-state index contributed by atoms with van der Waals surface area (Å²) in [5.41, 5.74) is 3.23. The SMILES string of the molecule is CC[C@H]1C[C@H](C)[C@@]2(NC1=O)O[C@@H](C[C@H](O)[C@@H](C)CC/C=C/C=C(\C)[C@@H]1C/C=C/C=C/[C@H](O)[C@H](C)[C@H]3OC(C)(OC)CC[C@H]3C(=O)N[C@@H](C(C)C)C(=O)N[C@@H](Cc3cccc(F)c3)C(=O)N3CCCC(N3)C(=O)O1)[C@H](C)[C@H](O)[C@@H]2C. The quantitative estimate of drug-likeness (QED) is 0.0811. The van der Waals surface area contributed by atoms with Gasteiger partial charge in [-0.05, 0) is 93.9 Å². The van der Waals surface area contributed by atoms with E-state index in [1.165, 1.54) is 30.3 Å². The molecule has 0 aromatic heterocycles. The van der Waals surface area contributed by atoms with E-state index < -0.39 is 114 Å². The first-order chi connectivity index (χ1) is 37.4. The number of halogens is 1. The van der Waals surface area contributed by atoms with E-state index in [9.17, 15) is 43.7 Å². The number of allylic oxidation sites excluding steroid dienone is 5. The van der Waals surface area contributed by atoms with Crippen LogP contribution in [0.1, 0.15) is 139 Å². The Bertz CT molecular complexity index is 2380. The van der Waals surface area contributed by atoms with Crippen molar-refractivity contribution >= 4 is 29.6 Å². The van der Waals surface area contributed by atoms with Gasteiger partial charge in [0, 0.05) is 68.9 Å². The average molecular weight is 1110 g/mol. The van der Waals surface area contributed by atoms with E-state index in [0.717, 1.165) is 12.0 Å². The number of ether oxygens (including phenoxy) is 4. The number of nitrogens with one attached hydrogen (secondary N) is 4. The van der Waals surface area contributed by atoms with Crippen LogP contribution in [0.25, 0.3) is 0 Å². The van der Waals surface area contributed by atoms with Crippen LogP contribution in [-0.4, -0.2) is 130 Å². The molecule has 1 spiro atoms. The minimum atomic E-state index is -1.23. The molecule has 5 aliphatic heterocycles. The summed E-state index contributed by atoms with van der Waals surface area (Å²) in [5, 5.41) is 44.7. The van der Waals surface area contributed by atoms with Gasteiger partial charge in [0.05, 0.1) is 36.4 Å². The minimum Gasteiger partial charge on any atom is -0.456 e. The van der Waals surface area contributed by atoms with E-state index in [1.54, 1.807) is 52.0 Å². The summed E-state index contributed by atoms with van der Waals surface area (Å²) in [5.74, 6) is -6.48. The molecule has 79 heavy (non-hydrogen) atoms. The Morgan fingerprint density at radius 3 is 2.43 bits per heavy atom. The molecule has 6 rings (SSSR count). The van der Waals surface area contributed by atoms with Crippen molar-refractivity contribution in [2.45, 2.75) is 206 Å². The van der Waals surface area contributed by atoms with E-state index >= 15 is 0 Å². The van der Waals surface area contributed by atoms with Crippen LogP contribution in [0, 0.1) is 53.2 Å². The van der Waals surface area contributed by atoms with Crippen LogP contribution in [0.3, 0.4) is 0 Å². The Balaban J connectivity index is 1.20. The number of hydrazine groups is 1. The summed E-state index contributed by atoms with van der Waals surface area (Å²) in [6.07, 6.45) is 12.7. The highest BCUT2D eigenvalue weighted by Gasteiger charge is 2.57. The number of esters is 1. The molecule has 5 heterocycles. The first-order valence-electron chi connectivity index (χ1n) is 29.0. The van der Waals surface area contributed by atoms with Gasteiger partial charge in [0.25, 0.3) is 5.91 Å². The van der Waals surface area contributed by atoms with Gasteiger partial charge in [-0.2, -0.15) is 0 Å². The van der Waals surface area contributed by atoms with Crippen molar-refractivity contribution in [3.8, 4) is 0 Å². The Hall–Kier alpha value is -4.82. The number of piperidine rings is 1. The number of nitrogens with zero attached hydrogens (tertiary/aromatic N) is 1. The number of rotatable bonds is 13. The third kappa shape index (κ3) is 15.8. The maximum atomic E-state index is 14.6. The van der Waals surface area contributed by atoms with Crippen LogP contribution in [0.2, 0.25) is 0 Å². The standard InChI is InChI=1S/C61H92FN5O12/c1-12-43-31-38(6)61(65-55(43)71)41(9)53(70)40(8)51(78-61)34-49(69)36(4)21-15-13-16-22-37(5)50-27-18-14-17-26-48(68)39(7)54-45(28-29-60(10,76-11)79-54)56(72)64-52(35(2)3)57(73)63-47(33-42-23-19-24-44(62)32-42)58(74)67-30-20-25-46(66-67)59(75)77-50/h13-14,16-19,22-24,26,32,35-36,38-41,43,45-54,66,68-70H,12,15,20-21,25,27-31,33-34H2,1-11H3,(H,63,73)(H,64,72)(H,65,71)/b16-13+,18-14+,26-17+,37-22+/t36-,38-,39-,40-,41-,43-,45+,46?,47-,48-,49-,50-,51-,52-,53-,54+,60?,61+/m0/s1. The summed E-state index contributed by atoms with van der Waals surface area (Å²) in [6, 6.07) is 2.50. The normalized spacial score (nSPS) is 37.4. The fourth-order valence-corrected chi connectivity index (χ4v) is 12.0. The molecule has 7 N–H and O–H groups in total. The van der Waals surface area contributed by atoms with Crippen molar-refractivity contribution in [1.82, 2.24) is 26.4 Å². The molecule has 4 fully saturated rings. The predicted octanol–water partition coefficient (Wildman–Crippen LogP) is 6.65. The summed E-state index contributed by atoms with van der Waals surface area (Å²) in [7, 11) is 1.52. The minimum absolute atomic E-state index is 0.0198. The molecule has 0 aliphatic carbocycles. The summed E-state index contributed by atoms with van der Waals surface area (Å²) >= 11 is 0. The van der Waals surface area contributed by atoms with Crippen LogP contribution in [0.15, 0.2) is 72.4 Å². The number of benzene rings is 1. The largest absolute Gasteiger partial charge is 0.456 e. The maximum absolute atomic E-state index is 14.6. The number of amides is 4. The molecule has 1 aromatic rings. The topological polar surface area (TPSA) is 234 Å². The second-order valence-corrected chi connectivity index (χ2v) is 23.8. The lowest BCUT2D eigenvalue weighted by atomic mass is 9.69. The highest BCUT2D eigenvalue weighted by atomic mass is 19.1. The Morgan fingerprint density at radius 2 is 1.73 bits per heavy atom. The van der Waals surface area contributed by atoms with Crippen molar-refractivity contribution in [3.05, 3.63) is 83.8 Å².